The number of carbonyl (C=O) groups excluding carboxylic acids is 1. The van der Waals surface area contributed by atoms with E-state index in [0.717, 1.165) is 0 Å². The Hall–Kier alpha value is -2.28. The summed E-state index contributed by atoms with van der Waals surface area (Å²) >= 11 is 0. The number of benzene rings is 1. The first-order valence-electron chi connectivity index (χ1n) is 6.61. The van der Waals surface area contributed by atoms with Crippen LogP contribution in [-0.4, -0.2) is 46.8 Å². The molecular formula is C14H20N2O5. The van der Waals surface area contributed by atoms with Gasteiger partial charge in [-0.3, -0.25) is 4.79 Å². The van der Waals surface area contributed by atoms with Gasteiger partial charge in [-0.25, -0.2) is 4.79 Å². The number of phenols is 2. The van der Waals surface area contributed by atoms with Crippen molar-refractivity contribution >= 4 is 11.9 Å². The van der Waals surface area contributed by atoms with Gasteiger partial charge in [0.15, 0.2) is 11.5 Å². The highest BCUT2D eigenvalue weighted by atomic mass is 16.4. The minimum atomic E-state index is -1.15. The Labute approximate surface area is 122 Å². The van der Waals surface area contributed by atoms with Gasteiger partial charge in [-0.2, -0.15) is 0 Å². The Bertz CT molecular complexity index is 504. The first-order valence-corrected chi connectivity index (χ1v) is 6.61. The maximum absolute atomic E-state index is 11.7. The zero-order valence-electron chi connectivity index (χ0n) is 11.8. The maximum atomic E-state index is 11.7. The lowest BCUT2D eigenvalue weighted by Crippen LogP contribution is -2.42. The van der Waals surface area contributed by atoms with Crippen LogP contribution < -0.4 is 10.6 Å². The molecule has 1 rings (SSSR count). The van der Waals surface area contributed by atoms with E-state index in [1.165, 1.54) is 18.2 Å². The SMILES string of the molecule is CNCCCC(=O)NC(Cc1ccc(O)c(O)c1)C(=O)O. The molecule has 1 unspecified atom stereocenters. The van der Waals surface area contributed by atoms with Crippen molar-refractivity contribution in [2.24, 2.45) is 0 Å². The zero-order chi connectivity index (χ0) is 15.8. The molecule has 0 heterocycles. The highest BCUT2D eigenvalue weighted by molar-refractivity contribution is 5.83. The summed E-state index contributed by atoms with van der Waals surface area (Å²) in [6.45, 7) is 0.678. The van der Waals surface area contributed by atoms with E-state index in [1.54, 1.807) is 7.05 Å². The van der Waals surface area contributed by atoms with Gasteiger partial charge in [0, 0.05) is 12.8 Å². The lowest BCUT2D eigenvalue weighted by molar-refractivity contribution is -0.141. The van der Waals surface area contributed by atoms with Crippen LogP contribution in [0.2, 0.25) is 0 Å². The van der Waals surface area contributed by atoms with Crippen molar-refractivity contribution in [3.05, 3.63) is 23.8 Å². The zero-order valence-corrected chi connectivity index (χ0v) is 11.8. The molecule has 1 aromatic carbocycles. The van der Waals surface area contributed by atoms with Crippen LogP contribution in [0.1, 0.15) is 18.4 Å². The molecule has 0 bridgehead atoms. The van der Waals surface area contributed by atoms with Gasteiger partial charge in [0.25, 0.3) is 0 Å². The average Bonchev–Trinajstić information content (AvgIpc) is 2.42. The average molecular weight is 296 g/mol. The van der Waals surface area contributed by atoms with Crippen molar-refractivity contribution in [2.75, 3.05) is 13.6 Å². The Morgan fingerprint density at radius 2 is 1.95 bits per heavy atom. The lowest BCUT2D eigenvalue weighted by atomic mass is 10.0. The second kappa shape index (κ2) is 8.11. The number of hydrogen-bond donors (Lipinski definition) is 5. The summed E-state index contributed by atoms with van der Waals surface area (Å²) in [6, 6.07) is 2.98. The van der Waals surface area contributed by atoms with Gasteiger partial charge in [-0.05, 0) is 37.7 Å². The Balaban J connectivity index is 2.63. The standard InChI is InChI=1S/C14H20N2O5/c1-15-6-2-3-13(19)16-10(14(20)21)7-9-4-5-11(17)12(18)8-9/h4-5,8,10,15,17-18H,2-3,6-7H2,1H3,(H,16,19)(H,20,21). The van der Waals surface area contributed by atoms with Crippen LogP contribution in [-0.2, 0) is 16.0 Å². The molecule has 0 spiro atoms. The second-order valence-electron chi connectivity index (χ2n) is 4.69. The molecule has 0 saturated carbocycles. The summed E-state index contributed by atoms with van der Waals surface area (Å²) in [5.74, 6) is -2.08. The fourth-order valence-electron chi connectivity index (χ4n) is 1.82. The molecule has 0 aliphatic heterocycles. The van der Waals surface area contributed by atoms with Crippen molar-refractivity contribution in [3.63, 3.8) is 0 Å². The number of carbonyl (C=O) groups is 2. The molecule has 0 radical (unpaired) electrons. The van der Waals surface area contributed by atoms with E-state index in [9.17, 15) is 19.8 Å². The number of nitrogens with one attached hydrogen (secondary N) is 2. The molecule has 1 aromatic rings. The molecule has 1 amide bonds. The van der Waals surface area contributed by atoms with E-state index >= 15 is 0 Å². The van der Waals surface area contributed by atoms with Crippen molar-refractivity contribution in [2.45, 2.75) is 25.3 Å². The normalized spacial score (nSPS) is 11.9. The minimum Gasteiger partial charge on any atom is -0.504 e. The lowest BCUT2D eigenvalue weighted by Gasteiger charge is -2.15. The number of phenolic OH excluding ortho intramolecular Hbond substituents is 2. The summed E-state index contributed by atoms with van der Waals surface area (Å²) in [7, 11) is 1.77. The van der Waals surface area contributed by atoms with E-state index in [-0.39, 0.29) is 30.2 Å². The predicted octanol–water partition coefficient (Wildman–Crippen LogP) is 0.209. The molecule has 116 valence electrons. The molecule has 7 heteroatoms. The monoisotopic (exact) mass is 296 g/mol. The topological polar surface area (TPSA) is 119 Å². The van der Waals surface area contributed by atoms with E-state index < -0.39 is 12.0 Å². The van der Waals surface area contributed by atoms with E-state index in [0.29, 0.717) is 18.5 Å². The van der Waals surface area contributed by atoms with Gasteiger partial charge in [0.05, 0.1) is 0 Å². The molecule has 5 N–H and O–H groups in total. The molecule has 0 fully saturated rings. The van der Waals surface area contributed by atoms with Crippen LogP contribution in [0.4, 0.5) is 0 Å². The summed E-state index contributed by atoms with van der Waals surface area (Å²) in [5.41, 5.74) is 0.508. The molecule has 0 aromatic heterocycles. The first-order chi connectivity index (χ1) is 9.93. The van der Waals surface area contributed by atoms with Gasteiger partial charge >= 0.3 is 5.97 Å². The molecule has 1 atom stereocenters. The van der Waals surface area contributed by atoms with Crippen molar-refractivity contribution in [3.8, 4) is 11.5 Å². The second-order valence-corrected chi connectivity index (χ2v) is 4.69. The maximum Gasteiger partial charge on any atom is 0.326 e. The van der Waals surface area contributed by atoms with Crippen LogP contribution in [0.25, 0.3) is 0 Å². The summed E-state index contributed by atoms with van der Waals surface area (Å²) in [4.78, 5) is 22.8. The van der Waals surface area contributed by atoms with E-state index in [1.807, 2.05) is 0 Å². The van der Waals surface area contributed by atoms with Crippen LogP contribution >= 0.6 is 0 Å². The molecular weight excluding hydrogens is 276 g/mol. The number of aromatic hydroxyl groups is 2. The number of hydrogen-bond acceptors (Lipinski definition) is 5. The van der Waals surface area contributed by atoms with Crippen LogP contribution in [0.5, 0.6) is 11.5 Å². The Morgan fingerprint density at radius 3 is 2.52 bits per heavy atom. The number of carboxylic acids is 1. The fraction of sp³-hybridized carbons (Fsp3) is 0.429. The van der Waals surface area contributed by atoms with Crippen LogP contribution in [0.3, 0.4) is 0 Å². The first kappa shape index (κ1) is 16.8. The summed E-state index contributed by atoms with van der Waals surface area (Å²) in [5, 5.41) is 33.1. The third-order valence-corrected chi connectivity index (χ3v) is 2.94. The van der Waals surface area contributed by atoms with Gasteiger partial charge in [-0.15, -0.1) is 0 Å². The number of carboxylic acid groups (broad SMARTS) is 1. The fourth-order valence-corrected chi connectivity index (χ4v) is 1.82. The van der Waals surface area contributed by atoms with Crippen molar-refractivity contribution < 1.29 is 24.9 Å². The Morgan fingerprint density at radius 1 is 1.24 bits per heavy atom. The van der Waals surface area contributed by atoms with Crippen LogP contribution in [0, 0.1) is 0 Å². The smallest absolute Gasteiger partial charge is 0.326 e. The highest BCUT2D eigenvalue weighted by Gasteiger charge is 2.20. The van der Waals surface area contributed by atoms with Gasteiger partial charge in [-0.1, -0.05) is 6.07 Å². The number of rotatable bonds is 8. The molecule has 7 nitrogen and oxygen atoms in total. The number of amides is 1. The summed E-state index contributed by atoms with van der Waals surface area (Å²) < 4.78 is 0. The molecule has 21 heavy (non-hydrogen) atoms. The predicted molar refractivity (Wildman–Crippen MR) is 76.2 cm³/mol. The van der Waals surface area contributed by atoms with E-state index in [2.05, 4.69) is 10.6 Å². The molecule has 0 saturated heterocycles. The third-order valence-electron chi connectivity index (χ3n) is 2.94. The van der Waals surface area contributed by atoms with E-state index in [4.69, 9.17) is 5.11 Å². The third kappa shape index (κ3) is 5.70. The summed E-state index contributed by atoms with van der Waals surface area (Å²) in [6.07, 6.45) is 0.890. The van der Waals surface area contributed by atoms with Gasteiger partial charge in [0.2, 0.25) is 5.91 Å². The highest BCUT2D eigenvalue weighted by Crippen LogP contribution is 2.25. The van der Waals surface area contributed by atoms with Crippen LogP contribution in [0.15, 0.2) is 18.2 Å². The quantitative estimate of drug-likeness (QED) is 0.345. The molecule has 0 aliphatic rings. The van der Waals surface area contributed by atoms with Crippen molar-refractivity contribution in [1.82, 2.24) is 10.6 Å². The Kier molecular flexibility index (Phi) is 6.48. The van der Waals surface area contributed by atoms with Gasteiger partial charge in [0.1, 0.15) is 6.04 Å². The number of aliphatic carboxylic acids is 1. The van der Waals surface area contributed by atoms with Crippen molar-refractivity contribution in [1.29, 1.82) is 0 Å². The van der Waals surface area contributed by atoms with Gasteiger partial charge < -0.3 is 26.0 Å². The largest absolute Gasteiger partial charge is 0.504 e. The molecule has 0 aliphatic carbocycles. The minimum absolute atomic E-state index is 0.0287.